The Kier molecular flexibility index (Phi) is 23.7. The number of likely N-dealkylation sites (tertiary alicyclic amines) is 2. The van der Waals surface area contributed by atoms with Gasteiger partial charge in [-0.15, -0.1) is 24.8 Å². The minimum atomic E-state index is -0.793. The van der Waals surface area contributed by atoms with Gasteiger partial charge in [-0.05, 0) is 159 Å². The summed E-state index contributed by atoms with van der Waals surface area (Å²) in [6.07, 6.45) is 13.2. The molecule has 4 amide bonds. The van der Waals surface area contributed by atoms with Crippen molar-refractivity contribution in [1.82, 2.24) is 20.4 Å². The minimum absolute atomic E-state index is 0. The van der Waals surface area contributed by atoms with Crippen molar-refractivity contribution in [3.05, 3.63) is 130 Å². The Morgan fingerprint density at radius 2 is 0.910 bits per heavy atom. The van der Waals surface area contributed by atoms with Crippen molar-refractivity contribution < 1.29 is 38.2 Å². The van der Waals surface area contributed by atoms with Crippen molar-refractivity contribution >= 4 is 60.0 Å². The number of nitrogens with one attached hydrogen (secondary N) is 2. The highest BCUT2D eigenvalue weighted by Gasteiger charge is 2.41. The summed E-state index contributed by atoms with van der Waals surface area (Å²) in [5.74, 6) is 0.749. The molecule has 0 aromatic heterocycles. The van der Waals surface area contributed by atoms with Crippen LogP contribution in [0.1, 0.15) is 163 Å². The molecule has 2 fully saturated rings. The zero-order valence-electron chi connectivity index (χ0n) is 46.4. The lowest BCUT2D eigenvalue weighted by atomic mass is 9.79. The molecule has 0 bridgehead atoms. The normalized spacial score (nSPS) is 20.1. The minimum Gasteiger partial charge on any atom is -0.494 e. The number of nitrogens with zero attached hydrogens (tertiary/aromatic N) is 2. The largest absolute Gasteiger partial charge is 0.494 e. The van der Waals surface area contributed by atoms with Crippen LogP contribution < -0.4 is 20.1 Å². The maximum Gasteiger partial charge on any atom is 0.246 e. The van der Waals surface area contributed by atoms with Crippen LogP contribution in [0, 0.1) is 11.8 Å². The lowest BCUT2D eigenvalue weighted by Gasteiger charge is -2.31. The average Bonchev–Trinajstić information content (AvgIpc) is 4.16. The van der Waals surface area contributed by atoms with Crippen molar-refractivity contribution in [1.29, 1.82) is 0 Å². The van der Waals surface area contributed by atoms with Gasteiger partial charge in [0.1, 0.15) is 23.6 Å². The second-order valence-corrected chi connectivity index (χ2v) is 22.1. The summed E-state index contributed by atoms with van der Waals surface area (Å²) in [6, 6.07) is 29.6. The number of hydrogen-bond acceptors (Lipinski definition) is 8. The van der Waals surface area contributed by atoms with Crippen LogP contribution in [0.5, 0.6) is 11.5 Å². The van der Waals surface area contributed by atoms with Gasteiger partial charge in [0.15, 0.2) is 11.6 Å². The molecule has 0 saturated carbocycles. The fourth-order valence-corrected chi connectivity index (χ4v) is 11.9. The summed E-state index contributed by atoms with van der Waals surface area (Å²) < 4.78 is 12.2. The van der Waals surface area contributed by atoms with Crippen molar-refractivity contribution in [2.45, 2.75) is 179 Å². The van der Waals surface area contributed by atoms with Gasteiger partial charge in [0.05, 0.1) is 25.3 Å². The second-order valence-electron chi connectivity index (χ2n) is 22.1. The van der Waals surface area contributed by atoms with Crippen LogP contribution in [0.25, 0.3) is 0 Å². The first-order chi connectivity index (χ1) is 36.9. The number of rotatable bonds is 25. The maximum atomic E-state index is 14.3. The van der Waals surface area contributed by atoms with Crippen molar-refractivity contribution in [2.75, 3.05) is 26.3 Å². The highest BCUT2D eigenvalue weighted by molar-refractivity contribution is 5.95. The third-order valence-corrected chi connectivity index (χ3v) is 16.8. The van der Waals surface area contributed by atoms with E-state index < -0.39 is 24.2 Å². The van der Waals surface area contributed by atoms with Gasteiger partial charge in [-0.1, -0.05) is 100 Å². The van der Waals surface area contributed by atoms with E-state index in [4.69, 9.17) is 9.47 Å². The van der Waals surface area contributed by atoms with Crippen LogP contribution in [0.2, 0.25) is 0 Å². The summed E-state index contributed by atoms with van der Waals surface area (Å²) in [4.78, 5) is 86.5. The third kappa shape index (κ3) is 16.0. The van der Waals surface area contributed by atoms with E-state index in [0.29, 0.717) is 89.2 Å². The topological polar surface area (TPSA) is 151 Å². The molecule has 4 aromatic rings. The summed E-state index contributed by atoms with van der Waals surface area (Å²) in [5, 5.41) is 6.11. The number of fused-ring (bicyclic) bond motifs is 2. The quantitative estimate of drug-likeness (QED) is 0.0623. The molecule has 0 spiro atoms. The molecule has 8 atom stereocenters. The second kappa shape index (κ2) is 30.0. The van der Waals surface area contributed by atoms with E-state index >= 15 is 0 Å². The molecule has 2 heterocycles. The number of carbonyl (C=O) groups excluding carboxylic acids is 6. The molecule has 78 heavy (non-hydrogen) atoms. The highest BCUT2D eigenvalue weighted by Crippen LogP contribution is 2.37. The average molecular weight is 1110 g/mol. The first kappa shape index (κ1) is 61.5. The summed E-state index contributed by atoms with van der Waals surface area (Å²) >= 11 is 0. The number of amides is 4. The van der Waals surface area contributed by atoms with Crippen LogP contribution in [0.15, 0.2) is 97.1 Å². The number of ketones is 2. The number of carbonyl (C=O) groups is 6. The monoisotopic (exact) mass is 1110 g/mol. The molecule has 12 nitrogen and oxygen atoms in total. The fraction of sp³-hybridized carbons (Fsp3) is 0.531. The predicted molar refractivity (Wildman–Crippen MR) is 311 cm³/mol. The van der Waals surface area contributed by atoms with E-state index in [0.717, 1.165) is 75.3 Å². The Labute approximate surface area is 475 Å². The number of benzene rings is 4. The standard InChI is InChI=1S/C64H82N4O8.2ClH/c1-5-43(3)61(71)65-55(63(73)67-35-15-25-57(67)59(69)41-49-21-13-19-47-17-7-9-23-53(47)49)39-45-27-31-51(32-28-45)75-37-11-12-38-76-52-33-29-46(30-34-52)40-56(66-62(72)44(4)6-2)64(74)68-36-16-26-58(68)60(70)42-50-22-14-20-48-18-8-10-24-54(48)50;;/h7-10,17-18,23-24,27-34,43-44,49-50,55-58H,5-6,11-16,19-22,25-26,35-42H2,1-4H3,(H,65,71)(H,66,72);2*1H/t43-,44-,49+,50+,55+,56+,57?,58?;;/m1../s1. The zero-order chi connectivity index (χ0) is 53.6. The Bertz CT molecular complexity index is 2450. The molecule has 2 aliphatic heterocycles. The Morgan fingerprint density at radius 1 is 0.526 bits per heavy atom. The number of ether oxygens (including phenoxy) is 2. The summed E-state index contributed by atoms with van der Waals surface area (Å²) in [6.45, 7) is 9.63. The van der Waals surface area contributed by atoms with Gasteiger partial charge in [-0.3, -0.25) is 28.8 Å². The van der Waals surface area contributed by atoms with Crippen LogP contribution >= 0.6 is 24.8 Å². The molecular weight excluding hydrogens is 1020 g/mol. The van der Waals surface area contributed by atoms with Gasteiger partial charge < -0.3 is 29.9 Å². The Morgan fingerprint density at radius 3 is 1.29 bits per heavy atom. The lowest BCUT2D eigenvalue weighted by molar-refractivity contribution is -0.141. The predicted octanol–water partition coefficient (Wildman–Crippen LogP) is 11.1. The van der Waals surface area contributed by atoms with Gasteiger partial charge in [0, 0.05) is 50.6 Å². The number of halogens is 2. The van der Waals surface area contributed by atoms with Gasteiger partial charge in [0.25, 0.3) is 0 Å². The molecule has 2 N–H and O–H groups in total. The molecule has 14 heteroatoms. The molecule has 8 rings (SSSR count). The van der Waals surface area contributed by atoms with Crippen LogP contribution in [-0.2, 0) is 54.5 Å². The Hall–Kier alpha value is -5.72. The van der Waals surface area contributed by atoms with Crippen molar-refractivity contribution in [3.8, 4) is 11.5 Å². The van der Waals surface area contributed by atoms with E-state index in [1.54, 1.807) is 9.80 Å². The summed E-state index contributed by atoms with van der Waals surface area (Å²) in [5.41, 5.74) is 6.95. The van der Waals surface area contributed by atoms with Crippen LogP contribution in [0.4, 0.5) is 0 Å². The number of unbranched alkanes of at least 4 members (excludes halogenated alkanes) is 1. The van der Waals surface area contributed by atoms with E-state index in [9.17, 15) is 28.8 Å². The van der Waals surface area contributed by atoms with Gasteiger partial charge in [0.2, 0.25) is 23.6 Å². The Balaban J connectivity index is 0.00000492. The SMILES string of the molecule is CC[C@@H](C)C(=O)N[C@@H](Cc1ccc(OCCCCOc2ccc(C[C@H](NC(=O)[C@H](C)CC)C(=O)N3CCCC3C(=O)C[C@@H]3CCCc4ccccc43)cc2)cc1)C(=O)N1CCCC1C(=O)C[C@@H]1CCCc2ccccc21.Cl.Cl. The molecular formula is C64H84Cl2N4O8. The first-order valence-corrected chi connectivity index (χ1v) is 28.8. The van der Waals surface area contributed by atoms with Crippen molar-refractivity contribution in [2.24, 2.45) is 11.8 Å². The smallest absolute Gasteiger partial charge is 0.246 e. The third-order valence-electron chi connectivity index (χ3n) is 16.8. The summed E-state index contributed by atoms with van der Waals surface area (Å²) in [7, 11) is 0. The van der Waals surface area contributed by atoms with Crippen molar-refractivity contribution in [3.63, 3.8) is 0 Å². The number of Topliss-reactive ketones (excluding diaryl/α,β-unsaturated/α-hetero) is 2. The molecule has 422 valence electrons. The fourth-order valence-electron chi connectivity index (χ4n) is 11.9. The lowest BCUT2D eigenvalue weighted by Crippen LogP contribution is -2.53. The van der Waals surface area contributed by atoms with E-state index in [-0.39, 0.29) is 83.7 Å². The number of aryl methyl sites for hydroxylation is 2. The van der Waals surface area contributed by atoms with Gasteiger partial charge >= 0.3 is 0 Å². The maximum absolute atomic E-state index is 14.3. The highest BCUT2D eigenvalue weighted by atomic mass is 35.5. The molecule has 4 aromatic carbocycles. The first-order valence-electron chi connectivity index (χ1n) is 28.8. The molecule has 0 radical (unpaired) electrons. The van der Waals surface area contributed by atoms with Gasteiger partial charge in [-0.2, -0.15) is 0 Å². The van der Waals surface area contributed by atoms with E-state index in [1.165, 1.54) is 22.3 Å². The van der Waals surface area contributed by atoms with E-state index in [2.05, 4.69) is 47.0 Å². The number of hydrogen-bond donors (Lipinski definition) is 2. The van der Waals surface area contributed by atoms with E-state index in [1.807, 2.05) is 88.4 Å². The molecule has 2 saturated heterocycles. The van der Waals surface area contributed by atoms with Crippen LogP contribution in [-0.4, -0.2) is 95.5 Å². The molecule has 2 aliphatic carbocycles. The zero-order valence-corrected chi connectivity index (χ0v) is 48.0. The van der Waals surface area contributed by atoms with Gasteiger partial charge in [-0.25, -0.2) is 0 Å². The molecule has 2 unspecified atom stereocenters. The van der Waals surface area contributed by atoms with Crippen LogP contribution in [0.3, 0.4) is 0 Å². The molecule has 4 aliphatic rings.